The first-order chi connectivity index (χ1) is 11.7. The number of carbonyl (C=O) groups is 1. The molecule has 0 aliphatic heterocycles. The number of aryl methyl sites for hydroxylation is 1. The third-order valence-electron chi connectivity index (χ3n) is 5.07. The zero-order chi connectivity index (χ0) is 16.5. The monoisotopic (exact) mass is 344 g/mol. The van der Waals surface area contributed by atoms with Gasteiger partial charge < -0.3 is 10.6 Å². The van der Waals surface area contributed by atoms with Crippen LogP contribution in [-0.2, 0) is 26.4 Å². The van der Waals surface area contributed by atoms with Crippen LogP contribution >= 0.6 is 11.3 Å². The zero-order valence-corrected chi connectivity index (χ0v) is 14.9. The van der Waals surface area contributed by atoms with Crippen molar-refractivity contribution < 1.29 is 4.79 Å². The lowest BCUT2D eigenvalue weighted by Gasteiger charge is -2.24. The fraction of sp³-hybridized carbons (Fsp3) is 0.556. The summed E-state index contributed by atoms with van der Waals surface area (Å²) in [4.78, 5) is 13.8. The van der Waals surface area contributed by atoms with E-state index in [0.717, 1.165) is 42.2 Å². The topological polar surface area (TPSA) is 59.0 Å². The average Bonchev–Trinajstić information content (AvgIpc) is 3.16. The van der Waals surface area contributed by atoms with Crippen molar-refractivity contribution in [1.82, 2.24) is 20.4 Å². The molecule has 2 heterocycles. The normalized spacial score (nSPS) is 20.0. The Morgan fingerprint density at radius 1 is 1.42 bits per heavy atom. The molecule has 2 aliphatic carbocycles. The van der Waals surface area contributed by atoms with Crippen molar-refractivity contribution in [2.45, 2.75) is 44.7 Å². The number of hydrogen-bond acceptors (Lipinski definition) is 4. The van der Waals surface area contributed by atoms with E-state index in [1.54, 1.807) is 11.3 Å². The van der Waals surface area contributed by atoms with Crippen LogP contribution in [0.5, 0.6) is 0 Å². The third kappa shape index (κ3) is 3.39. The molecule has 0 radical (unpaired) electrons. The number of rotatable bonds is 6. The van der Waals surface area contributed by atoms with Crippen molar-refractivity contribution in [3.63, 3.8) is 0 Å². The van der Waals surface area contributed by atoms with Crippen LogP contribution in [0.3, 0.4) is 0 Å². The maximum atomic E-state index is 12.6. The molecule has 0 saturated heterocycles. The van der Waals surface area contributed by atoms with E-state index in [-0.39, 0.29) is 5.91 Å². The molecule has 128 valence electrons. The van der Waals surface area contributed by atoms with Crippen molar-refractivity contribution in [1.29, 1.82) is 0 Å². The molecule has 4 rings (SSSR count). The second-order valence-corrected chi connectivity index (χ2v) is 7.98. The molecule has 1 amide bonds. The number of carbonyl (C=O) groups excluding carboxylic acids is 1. The van der Waals surface area contributed by atoms with Crippen molar-refractivity contribution in [3.8, 4) is 0 Å². The fourth-order valence-corrected chi connectivity index (χ4v) is 4.11. The Hall–Kier alpha value is -1.66. The van der Waals surface area contributed by atoms with Crippen LogP contribution in [0, 0.1) is 5.92 Å². The molecule has 5 nitrogen and oxygen atoms in total. The van der Waals surface area contributed by atoms with Gasteiger partial charge in [-0.3, -0.25) is 9.48 Å². The third-order valence-corrected chi connectivity index (χ3v) is 5.94. The molecular formula is C18H24N4OS. The van der Waals surface area contributed by atoms with Gasteiger partial charge in [0.1, 0.15) is 0 Å². The van der Waals surface area contributed by atoms with Gasteiger partial charge >= 0.3 is 0 Å². The predicted octanol–water partition coefficient (Wildman–Crippen LogP) is 2.27. The van der Waals surface area contributed by atoms with Gasteiger partial charge in [-0.2, -0.15) is 5.10 Å². The molecule has 6 heteroatoms. The lowest BCUT2D eigenvalue weighted by molar-refractivity contribution is 0.0944. The number of fused-ring (bicyclic) bond motifs is 1. The van der Waals surface area contributed by atoms with Crippen molar-refractivity contribution in [3.05, 3.63) is 39.3 Å². The second-order valence-electron chi connectivity index (χ2n) is 6.95. The molecule has 1 saturated carbocycles. The lowest BCUT2D eigenvalue weighted by atomic mass is 9.91. The first-order valence-corrected chi connectivity index (χ1v) is 9.67. The summed E-state index contributed by atoms with van der Waals surface area (Å²) in [6.07, 6.45) is 5.79. The minimum Gasteiger partial charge on any atom is -0.346 e. The molecule has 2 aliphatic rings. The quantitative estimate of drug-likeness (QED) is 0.845. The number of hydrogen-bond donors (Lipinski definition) is 2. The summed E-state index contributed by atoms with van der Waals surface area (Å²) in [6, 6.07) is 4.52. The number of nitrogens with one attached hydrogen (secondary N) is 2. The molecule has 1 fully saturated rings. The fourth-order valence-electron chi connectivity index (χ4n) is 3.47. The van der Waals surface area contributed by atoms with E-state index >= 15 is 0 Å². The van der Waals surface area contributed by atoms with Gasteiger partial charge in [0.25, 0.3) is 5.91 Å². The molecule has 0 aromatic carbocycles. The van der Waals surface area contributed by atoms with Crippen molar-refractivity contribution >= 4 is 17.2 Å². The maximum Gasteiger partial charge on any atom is 0.272 e. The van der Waals surface area contributed by atoms with Gasteiger partial charge in [0.2, 0.25) is 0 Å². The Morgan fingerprint density at radius 2 is 2.29 bits per heavy atom. The zero-order valence-electron chi connectivity index (χ0n) is 14.0. The summed E-state index contributed by atoms with van der Waals surface area (Å²) in [5.74, 6) is 0.831. The van der Waals surface area contributed by atoms with Crippen LogP contribution in [-0.4, -0.2) is 28.3 Å². The molecule has 0 bridgehead atoms. The summed E-state index contributed by atoms with van der Waals surface area (Å²) in [5.41, 5.74) is 2.98. The number of aromatic nitrogens is 2. The van der Waals surface area contributed by atoms with Gasteiger partial charge in [-0.15, -0.1) is 11.3 Å². The highest BCUT2D eigenvalue weighted by Gasteiger charge is 2.29. The van der Waals surface area contributed by atoms with Crippen LogP contribution in [0.15, 0.2) is 17.5 Å². The molecule has 1 unspecified atom stereocenters. The maximum absolute atomic E-state index is 12.6. The number of nitrogens with zero attached hydrogens (tertiary/aromatic N) is 2. The molecule has 0 spiro atoms. The second kappa shape index (κ2) is 6.69. The smallest absolute Gasteiger partial charge is 0.272 e. The Labute approximate surface area is 146 Å². The minimum absolute atomic E-state index is 0.0527. The van der Waals surface area contributed by atoms with Gasteiger partial charge in [-0.25, -0.2) is 0 Å². The van der Waals surface area contributed by atoms with Crippen LogP contribution in [0.2, 0.25) is 0 Å². The SMILES string of the molecule is Cn1nc(C(=O)NCc2cccs2)c2c1CCC(NCC1CC1)C2. The highest BCUT2D eigenvalue weighted by Crippen LogP contribution is 2.29. The summed E-state index contributed by atoms with van der Waals surface area (Å²) in [6.45, 7) is 1.70. The Bertz CT molecular complexity index is 718. The summed E-state index contributed by atoms with van der Waals surface area (Å²) >= 11 is 1.66. The van der Waals surface area contributed by atoms with E-state index in [0.29, 0.717) is 18.3 Å². The molecular weight excluding hydrogens is 320 g/mol. The average molecular weight is 344 g/mol. The lowest BCUT2D eigenvalue weighted by Crippen LogP contribution is -2.36. The van der Waals surface area contributed by atoms with Crippen molar-refractivity contribution in [2.24, 2.45) is 13.0 Å². The van der Waals surface area contributed by atoms with Crippen LogP contribution in [0.25, 0.3) is 0 Å². The molecule has 2 aromatic rings. The molecule has 2 aromatic heterocycles. The van der Waals surface area contributed by atoms with E-state index in [9.17, 15) is 4.79 Å². The van der Waals surface area contributed by atoms with E-state index in [2.05, 4.69) is 15.7 Å². The number of amides is 1. The van der Waals surface area contributed by atoms with Gasteiger partial charge in [-0.05, 0) is 56.0 Å². The van der Waals surface area contributed by atoms with Gasteiger partial charge in [0.15, 0.2) is 5.69 Å². The van der Waals surface area contributed by atoms with Gasteiger partial charge in [0, 0.05) is 29.2 Å². The van der Waals surface area contributed by atoms with Crippen molar-refractivity contribution in [2.75, 3.05) is 6.54 Å². The number of thiophene rings is 1. The van der Waals surface area contributed by atoms with Gasteiger partial charge in [0.05, 0.1) is 6.54 Å². The van der Waals surface area contributed by atoms with Crippen LogP contribution < -0.4 is 10.6 Å². The highest BCUT2D eigenvalue weighted by atomic mass is 32.1. The van der Waals surface area contributed by atoms with E-state index < -0.39 is 0 Å². The van der Waals surface area contributed by atoms with Crippen LogP contribution in [0.4, 0.5) is 0 Å². The standard InChI is InChI=1S/C18H24N4OS/c1-22-16-7-6-13(19-10-12-4-5-12)9-15(16)17(21-22)18(23)20-11-14-3-2-8-24-14/h2-3,8,12-13,19H,4-7,9-11H2,1H3,(H,20,23). The summed E-state index contributed by atoms with van der Waals surface area (Å²) < 4.78 is 1.90. The van der Waals surface area contributed by atoms with E-state index in [1.165, 1.54) is 18.5 Å². The predicted molar refractivity (Wildman–Crippen MR) is 95.2 cm³/mol. The van der Waals surface area contributed by atoms with E-state index in [1.807, 2.05) is 29.2 Å². The Balaban J connectivity index is 1.44. The summed E-state index contributed by atoms with van der Waals surface area (Å²) in [7, 11) is 1.95. The molecule has 1 atom stereocenters. The molecule has 2 N–H and O–H groups in total. The highest BCUT2D eigenvalue weighted by molar-refractivity contribution is 7.09. The van der Waals surface area contributed by atoms with E-state index in [4.69, 9.17) is 0 Å². The van der Waals surface area contributed by atoms with Crippen LogP contribution in [0.1, 0.15) is 45.9 Å². The largest absolute Gasteiger partial charge is 0.346 e. The Kier molecular flexibility index (Phi) is 4.41. The molecule has 24 heavy (non-hydrogen) atoms. The Morgan fingerprint density at radius 3 is 3.04 bits per heavy atom. The van der Waals surface area contributed by atoms with Gasteiger partial charge in [-0.1, -0.05) is 6.07 Å². The summed E-state index contributed by atoms with van der Waals surface area (Å²) in [5, 5.41) is 13.2. The first-order valence-electron chi connectivity index (χ1n) is 8.79. The first kappa shape index (κ1) is 15.8. The minimum atomic E-state index is -0.0527.